The Morgan fingerprint density at radius 1 is 1.21 bits per heavy atom. The van der Waals surface area contributed by atoms with E-state index in [2.05, 4.69) is 51.8 Å². The Hall–Kier alpha value is -1.49. The van der Waals surface area contributed by atoms with Gasteiger partial charge in [0.15, 0.2) is 0 Å². The summed E-state index contributed by atoms with van der Waals surface area (Å²) in [7, 11) is 0. The first kappa shape index (κ1) is 17.3. The highest BCUT2D eigenvalue weighted by atomic mass is 79.9. The molecule has 0 N–H and O–H groups in total. The number of hydrogen-bond acceptors (Lipinski definition) is 2. The van der Waals surface area contributed by atoms with Crippen LogP contribution >= 0.6 is 15.9 Å². The number of hydrogen-bond donors (Lipinski definition) is 0. The van der Waals surface area contributed by atoms with Gasteiger partial charge in [0, 0.05) is 40.7 Å². The molecule has 130 valence electrons. The molecule has 0 saturated carbocycles. The zero-order chi connectivity index (χ0) is 17.5. The van der Waals surface area contributed by atoms with E-state index in [0.29, 0.717) is 6.04 Å². The predicted octanol–water partition coefficient (Wildman–Crippen LogP) is 5.28. The van der Waals surface area contributed by atoms with Gasteiger partial charge in [-0.3, -0.25) is 0 Å². The molecule has 0 spiro atoms. The van der Waals surface area contributed by atoms with Crippen LogP contribution in [0.1, 0.15) is 45.2 Å². The van der Waals surface area contributed by atoms with Crippen molar-refractivity contribution in [3.8, 4) is 0 Å². The molecule has 1 amide bonds. The van der Waals surface area contributed by atoms with Gasteiger partial charge in [-0.15, -0.1) is 0 Å². The molecule has 3 rings (SSSR count). The van der Waals surface area contributed by atoms with E-state index in [-0.39, 0.29) is 6.09 Å². The maximum absolute atomic E-state index is 12.2. The number of ether oxygens (including phenoxy) is 1. The molecule has 0 atom stereocenters. The highest BCUT2D eigenvalue weighted by Crippen LogP contribution is 2.32. The third-order valence-electron chi connectivity index (χ3n) is 4.62. The Labute approximate surface area is 151 Å². The fourth-order valence-electron chi connectivity index (χ4n) is 3.33. The number of aryl methyl sites for hydroxylation is 1. The minimum Gasteiger partial charge on any atom is -0.444 e. The molecule has 1 saturated heterocycles. The van der Waals surface area contributed by atoms with Crippen molar-refractivity contribution in [2.45, 2.75) is 52.2 Å². The number of piperidine rings is 1. The highest BCUT2D eigenvalue weighted by Gasteiger charge is 2.27. The first-order chi connectivity index (χ1) is 11.3. The number of fused-ring (bicyclic) bond motifs is 1. The Morgan fingerprint density at radius 3 is 2.50 bits per heavy atom. The average molecular weight is 393 g/mol. The van der Waals surface area contributed by atoms with E-state index in [1.807, 2.05) is 25.7 Å². The zero-order valence-corrected chi connectivity index (χ0v) is 16.4. The van der Waals surface area contributed by atoms with Crippen LogP contribution in [0.25, 0.3) is 10.9 Å². The number of carbonyl (C=O) groups excluding carboxylic acids is 1. The number of nitrogens with zero attached hydrogens (tertiary/aromatic N) is 2. The van der Waals surface area contributed by atoms with Gasteiger partial charge in [-0.2, -0.15) is 0 Å². The SMILES string of the molecule is Cc1c(Br)ccc2c1ccn2C1CCN(C(=O)OC(C)(C)C)CC1. The molecule has 0 bridgehead atoms. The minimum absolute atomic E-state index is 0.196. The maximum Gasteiger partial charge on any atom is 0.410 e. The molecule has 5 heteroatoms. The van der Waals surface area contributed by atoms with E-state index in [9.17, 15) is 4.79 Å². The summed E-state index contributed by atoms with van der Waals surface area (Å²) in [5, 5.41) is 1.29. The molecule has 1 aliphatic rings. The fraction of sp³-hybridized carbons (Fsp3) is 0.526. The van der Waals surface area contributed by atoms with Gasteiger partial charge in [0.2, 0.25) is 0 Å². The van der Waals surface area contributed by atoms with Crippen LogP contribution in [-0.2, 0) is 4.74 Å². The lowest BCUT2D eigenvalue weighted by Gasteiger charge is -2.34. The van der Waals surface area contributed by atoms with Gasteiger partial charge < -0.3 is 14.2 Å². The normalized spacial score (nSPS) is 16.6. The van der Waals surface area contributed by atoms with Crippen LogP contribution in [-0.4, -0.2) is 34.3 Å². The average Bonchev–Trinajstić information content (AvgIpc) is 2.94. The zero-order valence-electron chi connectivity index (χ0n) is 14.8. The molecule has 2 heterocycles. The number of carbonyl (C=O) groups is 1. The quantitative estimate of drug-likeness (QED) is 0.660. The third-order valence-corrected chi connectivity index (χ3v) is 5.47. The third kappa shape index (κ3) is 3.46. The second kappa shape index (κ2) is 6.43. The number of benzene rings is 1. The first-order valence-corrected chi connectivity index (χ1v) is 9.29. The lowest BCUT2D eigenvalue weighted by Crippen LogP contribution is -2.42. The van der Waals surface area contributed by atoms with Gasteiger partial charge in [0.25, 0.3) is 0 Å². The van der Waals surface area contributed by atoms with E-state index in [1.54, 1.807) is 0 Å². The van der Waals surface area contributed by atoms with Crippen molar-refractivity contribution < 1.29 is 9.53 Å². The van der Waals surface area contributed by atoms with Crippen molar-refractivity contribution in [2.24, 2.45) is 0 Å². The molecule has 1 aromatic heterocycles. The number of aromatic nitrogens is 1. The molecule has 1 aromatic carbocycles. The minimum atomic E-state index is -0.435. The van der Waals surface area contributed by atoms with Gasteiger partial charge in [0.1, 0.15) is 5.60 Å². The standard InChI is InChI=1S/C19H25BrN2O2/c1-13-15-9-12-22(17(15)6-5-16(13)20)14-7-10-21(11-8-14)18(23)24-19(2,3)4/h5-6,9,12,14H,7-8,10-11H2,1-4H3. The molecular formula is C19H25BrN2O2. The van der Waals surface area contributed by atoms with Crippen molar-refractivity contribution in [1.29, 1.82) is 0 Å². The molecule has 1 aliphatic heterocycles. The number of rotatable bonds is 1. The van der Waals surface area contributed by atoms with Gasteiger partial charge in [0.05, 0.1) is 0 Å². The number of halogens is 1. The summed E-state index contributed by atoms with van der Waals surface area (Å²) in [4.78, 5) is 14.0. The fourth-order valence-corrected chi connectivity index (χ4v) is 3.68. The summed E-state index contributed by atoms with van der Waals surface area (Å²) < 4.78 is 8.99. The molecule has 0 unspecified atom stereocenters. The lowest BCUT2D eigenvalue weighted by atomic mass is 10.0. The van der Waals surface area contributed by atoms with Crippen LogP contribution in [0.5, 0.6) is 0 Å². The monoisotopic (exact) mass is 392 g/mol. The van der Waals surface area contributed by atoms with Crippen molar-refractivity contribution in [3.63, 3.8) is 0 Å². The largest absolute Gasteiger partial charge is 0.444 e. The van der Waals surface area contributed by atoms with E-state index < -0.39 is 5.60 Å². The first-order valence-electron chi connectivity index (χ1n) is 8.50. The van der Waals surface area contributed by atoms with Gasteiger partial charge in [-0.1, -0.05) is 15.9 Å². The summed E-state index contributed by atoms with van der Waals surface area (Å²) in [6, 6.07) is 6.91. The van der Waals surface area contributed by atoms with E-state index in [4.69, 9.17) is 4.74 Å². The topological polar surface area (TPSA) is 34.5 Å². The molecular weight excluding hydrogens is 368 g/mol. The lowest BCUT2D eigenvalue weighted by molar-refractivity contribution is 0.0190. The number of likely N-dealkylation sites (tertiary alicyclic amines) is 1. The molecule has 0 radical (unpaired) electrons. The Bertz CT molecular complexity index is 753. The number of amides is 1. The van der Waals surface area contributed by atoms with E-state index in [0.717, 1.165) is 30.4 Å². The second-order valence-electron chi connectivity index (χ2n) is 7.53. The van der Waals surface area contributed by atoms with Crippen LogP contribution in [0, 0.1) is 6.92 Å². The van der Waals surface area contributed by atoms with Crippen molar-refractivity contribution >= 4 is 32.9 Å². The molecule has 2 aromatic rings. The smallest absolute Gasteiger partial charge is 0.410 e. The Morgan fingerprint density at radius 2 is 1.88 bits per heavy atom. The molecule has 4 nitrogen and oxygen atoms in total. The van der Waals surface area contributed by atoms with Crippen LogP contribution in [0.3, 0.4) is 0 Å². The molecule has 24 heavy (non-hydrogen) atoms. The van der Waals surface area contributed by atoms with Crippen LogP contribution in [0.15, 0.2) is 28.9 Å². The summed E-state index contributed by atoms with van der Waals surface area (Å²) in [5.41, 5.74) is 2.11. The highest BCUT2D eigenvalue weighted by molar-refractivity contribution is 9.10. The Kier molecular flexibility index (Phi) is 4.65. The predicted molar refractivity (Wildman–Crippen MR) is 100 cm³/mol. The maximum atomic E-state index is 12.2. The van der Waals surface area contributed by atoms with Gasteiger partial charge >= 0.3 is 6.09 Å². The second-order valence-corrected chi connectivity index (χ2v) is 8.38. The summed E-state index contributed by atoms with van der Waals surface area (Å²) in [6.07, 6.45) is 3.90. The van der Waals surface area contributed by atoms with Crippen LogP contribution in [0.4, 0.5) is 4.79 Å². The van der Waals surface area contributed by atoms with Gasteiger partial charge in [-0.05, 0) is 64.3 Å². The van der Waals surface area contributed by atoms with Crippen molar-refractivity contribution in [2.75, 3.05) is 13.1 Å². The summed E-state index contributed by atoms with van der Waals surface area (Å²) in [6.45, 7) is 9.35. The summed E-state index contributed by atoms with van der Waals surface area (Å²) in [5.74, 6) is 0. The molecule has 1 fully saturated rings. The van der Waals surface area contributed by atoms with Crippen molar-refractivity contribution in [3.05, 3.63) is 34.4 Å². The molecule has 0 aliphatic carbocycles. The van der Waals surface area contributed by atoms with Crippen LogP contribution in [0.2, 0.25) is 0 Å². The Balaban J connectivity index is 1.71. The van der Waals surface area contributed by atoms with Gasteiger partial charge in [-0.25, -0.2) is 4.79 Å². The summed E-state index contributed by atoms with van der Waals surface area (Å²) >= 11 is 3.60. The van der Waals surface area contributed by atoms with Crippen molar-refractivity contribution in [1.82, 2.24) is 9.47 Å². The van der Waals surface area contributed by atoms with Crippen LogP contribution < -0.4 is 0 Å². The van der Waals surface area contributed by atoms with E-state index >= 15 is 0 Å². The van der Waals surface area contributed by atoms with E-state index in [1.165, 1.54) is 16.5 Å².